The molecular formula is C20H20N6O2. The number of nitrogens with zero attached hydrogens (tertiary/aromatic N) is 4. The maximum absolute atomic E-state index is 12.3. The molecule has 142 valence electrons. The van der Waals surface area contributed by atoms with E-state index in [-0.39, 0.29) is 6.04 Å². The summed E-state index contributed by atoms with van der Waals surface area (Å²) in [5.41, 5.74) is 1.18. The number of benzene rings is 1. The summed E-state index contributed by atoms with van der Waals surface area (Å²) in [4.78, 5) is 39.5. The number of amides is 2. The highest BCUT2D eigenvalue weighted by Crippen LogP contribution is 2.20. The van der Waals surface area contributed by atoms with E-state index in [0.717, 1.165) is 31.3 Å². The van der Waals surface area contributed by atoms with Gasteiger partial charge in [0.05, 0.1) is 11.2 Å². The molecular weight excluding hydrogens is 356 g/mol. The van der Waals surface area contributed by atoms with Crippen molar-refractivity contribution in [2.45, 2.75) is 18.9 Å². The van der Waals surface area contributed by atoms with E-state index in [2.05, 4.69) is 30.5 Å². The molecule has 28 heavy (non-hydrogen) atoms. The van der Waals surface area contributed by atoms with E-state index in [0.29, 0.717) is 17.2 Å². The van der Waals surface area contributed by atoms with Gasteiger partial charge in [0.1, 0.15) is 0 Å². The Hall–Kier alpha value is -3.55. The Kier molecular flexibility index (Phi) is 5.09. The Bertz CT molecular complexity index is 981. The molecule has 2 aromatic heterocycles. The van der Waals surface area contributed by atoms with Gasteiger partial charge in [-0.15, -0.1) is 0 Å². The van der Waals surface area contributed by atoms with Crippen molar-refractivity contribution in [2.24, 2.45) is 0 Å². The molecule has 8 heteroatoms. The Labute approximate surface area is 162 Å². The summed E-state index contributed by atoms with van der Waals surface area (Å²) in [6.07, 6.45) is 6.54. The van der Waals surface area contributed by atoms with Gasteiger partial charge in [-0.2, -0.15) is 0 Å². The SMILES string of the molecule is O=C(Nc1cccc2cccnc12)C(=O)NC1CCN(c2ncccn2)CC1. The highest BCUT2D eigenvalue weighted by atomic mass is 16.2. The number of pyridine rings is 1. The van der Waals surface area contributed by atoms with Crippen molar-refractivity contribution in [3.8, 4) is 0 Å². The Balaban J connectivity index is 1.33. The summed E-state index contributed by atoms with van der Waals surface area (Å²) in [5, 5.41) is 6.38. The van der Waals surface area contributed by atoms with Gasteiger partial charge in [0.25, 0.3) is 0 Å². The van der Waals surface area contributed by atoms with Crippen molar-refractivity contribution in [2.75, 3.05) is 23.3 Å². The van der Waals surface area contributed by atoms with E-state index < -0.39 is 11.8 Å². The molecule has 1 fully saturated rings. The van der Waals surface area contributed by atoms with Gasteiger partial charge >= 0.3 is 11.8 Å². The second kappa shape index (κ2) is 7.99. The van der Waals surface area contributed by atoms with Gasteiger partial charge in [-0.3, -0.25) is 14.6 Å². The zero-order chi connectivity index (χ0) is 19.3. The molecule has 4 rings (SSSR count). The summed E-state index contributed by atoms with van der Waals surface area (Å²) in [6.45, 7) is 1.45. The van der Waals surface area contributed by atoms with Crippen LogP contribution in [0.5, 0.6) is 0 Å². The average molecular weight is 376 g/mol. The van der Waals surface area contributed by atoms with Crippen molar-refractivity contribution in [1.29, 1.82) is 0 Å². The molecule has 1 aliphatic rings. The fourth-order valence-corrected chi connectivity index (χ4v) is 3.31. The summed E-state index contributed by atoms with van der Waals surface area (Å²) in [6, 6.07) is 10.9. The predicted molar refractivity (Wildman–Crippen MR) is 106 cm³/mol. The van der Waals surface area contributed by atoms with Crippen molar-refractivity contribution in [3.05, 3.63) is 55.0 Å². The van der Waals surface area contributed by atoms with Crippen LogP contribution in [0.4, 0.5) is 11.6 Å². The average Bonchev–Trinajstić information content (AvgIpc) is 2.75. The maximum Gasteiger partial charge on any atom is 0.313 e. The predicted octanol–water partition coefficient (Wildman–Crippen LogP) is 1.75. The molecule has 0 unspecified atom stereocenters. The summed E-state index contributed by atoms with van der Waals surface area (Å²) in [5.74, 6) is -0.636. The highest BCUT2D eigenvalue weighted by Gasteiger charge is 2.24. The van der Waals surface area contributed by atoms with E-state index in [1.165, 1.54) is 0 Å². The second-order valence-electron chi connectivity index (χ2n) is 6.62. The maximum atomic E-state index is 12.3. The van der Waals surface area contributed by atoms with E-state index >= 15 is 0 Å². The first-order valence-corrected chi connectivity index (χ1v) is 9.18. The van der Waals surface area contributed by atoms with E-state index in [4.69, 9.17) is 0 Å². The lowest BCUT2D eigenvalue weighted by molar-refractivity contribution is -0.136. The molecule has 0 spiro atoms. The molecule has 8 nitrogen and oxygen atoms in total. The number of carbonyl (C=O) groups excluding carboxylic acids is 2. The third-order valence-electron chi connectivity index (χ3n) is 4.75. The fraction of sp³-hybridized carbons (Fsp3) is 0.250. The smallest absolute Gasteiger partial charge is 0.313 e. The third-order valence-corrected chi connectivity index (χ3v) is 4.75. The van der Waals surface area contributed by atoms with Gasteiger partial charge in [0.15, 0.2) is 0 Å². The number of para-hydroxylation sites is 1. The van der Waals surface area contributed by atoms with Gasteiger partial charge in [0, 0.05) is 43.1 Å². The van der Waals surface area contributed by atoms with Crippen molar-refractivity contribution in [3.63, 3.8) is 0 Å². The molecule has 0 bridgehead atoms. The van der Waals surface area contributed by atoms with Crippen molar-refractivity contribution in [1.82, 2.24) is 20.3 Å². The largest absolute Gasteiger partial charge is 0.345 e. The second-order valence-corrected chi connectivity index (χ2v) is 6.62. The minimum atomic E-state index is -0.688. The number of rotatable bonds is 3. The first kappa shape index (κ1) is 17.8. The minimum absolute atomic E-state index is 0.0520. The number of carbonyl (C=O) groups is 2. The molecule has 3 aromatic rings. The van der Waals surface area contributed by atoms with E-state index in [1.807, 2.05) is 24.3 Å². The van der Waals surface area contributed by atoms with Gasteiger partial charge in [-0.25, -0.2) is 9.97 Å². The van der Waals surface area contributed by atoms with Crippen LogP contribution < -0.4 is 15.5 Å². The molecule has 2 N–H and O–H groups in total. The van der Waals surface area contributed by atoms with E-state index in [9.17, 15) is 9.59 Å². The van der Waals surface area contributed by atoms with Crippen molar-refractivity contribution >= 4 is 34.4 Å². The number of nitrogens with one attached hydrogen (secondary N) is 2. The van der Waals surface area contributed by atoms with Gasteiger partial charge in [0.2, 0.25) is 5.95 Å². The van der Waals surface area contributed by atoms with Crippen molar-refractivity contribution < 1.29 is 9.59 Å². The zero-order valence-corrected chi connectivity index (χ0v) is 15.2. The third kappa shape index (κ3) is 3.90. The monoisotopic (exact) mass is 376 g/mol. The molecule has 0 saturated carbocycles. The molecule has 0 atom stereocenters. The number of hydrogen-bond acceptors (Lipinski definition) is 6. The molecule has 3 heterocycles. The standard InChI is InChI=1S/C20H20N6O2/c27-18(19(28)25-16-6-1-4-14-5-2-9-21-17(14)16)24-15-7-12-26(13-8-15)20-22-10-3-11-23-20/h1-6,9-11,15H,7-8,12-13H2,(H,24,27)(H,25,28). The lowest BCUT2D eigenvalue weighted by Gasteiger charge is -2.32. The molecule has 1 aromatic carbocycles. The molecule has 1 saturated heterocycles. The Morgan fingerprint density at radius 1 is 0.893 bits per heavy atom. The lowest BCUT2D eigenvalue weighted by atomic mass is 10.1. The fourth-order valence-electron chi connectivity index (χ4n) is 3.31. The number of aromatic nitrogens is 3. The summed E-state index contributed by atoms with van der Waals surface area (Å²) < 4.78 is 0. The number of hydrogen-bond donors (Lipinski definition) is 2. The highest BCUT2D eigenvalue weighted by molar-refractivity contribution is 6.40. The topological polar surface area (TPSA) is 100 Å². The first-order valence-electron chi connectivity index (χ1n) is 9.18. The van der Waals surface area contributed by atoms with Crippen LogP contribution in [0.25, 0.3) is 10.9 Å². The first-order chi connectivity index (χ1) is 13.7. The molecule has 0 radical (unpaired) electrons. The van der Waals surface area contributed by atoms with Crippen LogP contribution in [0.2, 0.25) is 0 Å². The normalized spacial score (nSPS) is 14.6. The molecule has 0 aliphatic carbocycles. The quantitative estimate of drug-likeness (QED) is 0.676. The number of anilines is 2. The number of fused-ring (bicyclic) bond motifs is 1. The van der Waals surface area contributed by atoms with E-state index in [1.54, 1.807) is 30.7 Å². The lowest BCUT2D eigenvalue weighted by Crippen LogP contribution is -2.48. The minimum Gasteiger partial charge on any atom is -0.345 e. The Morgan fingerprint density at radius 3 is 2.39 bits per heavy atom. The van der Waals surface area contributed by atoms with Crippen LogP contribution >= 0.6 is 0 Å². The number of piperidine rings is 1. The molecule has 1 aliphatic heterocycles. The van der Waals surface area contributed by atoms with Gasteiger partial charge in [-0.05, 0) is 31.0 Å². The molecule has 2 amide bonds. The van der Waals surface area contributed by atoms with Crippen LogP contribution in [0, 0.1) is 0 Å². The Morgan fingerprint density at radius 2 is 1.61 bits per heavy atom. The van der Waals surface area contributed by atoms with Crippen LogP contribution in [0.1, 0.15) is 12.8 Å². The van der Waals surface area contributed by atoms with Crippen LogP contribution in [-0.2, 0) is 9.59 Å². The van der Waals surface area contributed by atoms with Gasteiger partial charge in [-0.1, -0.05) is 18.2 Å². The van der Waals surface area contributed by atoms with Crippen LogP contribution in [0.3, 0.4) is 0 Å². The van der Waals surface area contributed by atoms with Crippen LogP contribution in [-0.4, -0.2) is 45.9 Å². The summed E-state index contributed by atoms with van der Waals surface area (Å²) >= 11 is 0. The van der Waals surface area contributed by atoms with Gasteiger partial charge < -0.3 is 15.5 Å². The summed E-state index contributed by atoms with van der Waals surface area (Å²) in [7, 11) is 0. The van der Waals surface area contributed by atoms with Crippen LogP contribution in [0.15, 0.2) is 55.0 Å². The zero-order valence-electron chi connectivity index (χ0n) is 15.2.